The molecular formula is C14H13N5O. The molecule has 100 valence electrons. The molecule has 0 bridgehead atoms. The van der Waals surface area contributed by atoms with E-state index in [0.717, 1.165) is 10.9 Å². The van der Waals surface area contributed by atoms with Crippen molar-refractivity contribution >= 4 is 28.3 Å². The molecule has 0 unspecified atom stereocenters. The van der Waals surface area contributed by atoms with Gasteiger partial charge in [-0.25, -0.2) is 0 Å². The summed E-state index contributed by atoms with van der Waals surface area (Å²) >= 11 is 0. The van der Waals surface area contributed by atoms with Crippen molar-refractivity contribution in [2.24, 2.45) is 0 Å². The van der Waals surface area contributed by atoms with Crippen LogP contribution in [-0.4, -0.2) is 21.1 Å². The monoisotopic (exact) mass is 267 g/mol. The van der Waals surface area contributed by atoms with Crippen molar-refractivity contribution in [2.45, 2.75) is 6.92 Å². The number of aromatic nitrogens is 3. The molecule has 2 heterocycles. The van der Waals surface area contributed by atoms with Crippen LogP contribution in [0.25, 0.3) is 10.9 Å². The van der Waals surface area contributed by atoms with E-state index in [1.807, 2.05) is 30.3 Å². The molecular weight excluding hydrogens is 254 g/mol. The number of carbonyl (C=O) groups is 1. The zero-order valence-corrected chi connectivity index (χ0v) is 10.8. The molecule has 0 atom stereocenters. The molecule has 0 aliphatic rings. The number of fused-ring (bicyclic) bond motifs is 1. The fraction of sp³-hybridized carbons (Fsp3) is 0.0714. The standard InChI is InChI=1S/C14H13N5O/c1-8-12(13(15)19-18-8)14(20)17-10-6-9-4-2-3-5-11(9)16-7-10/h2-7H,1H3,(H,17,20)(H3,15,18,19). The molecule has 0 aliphatic carbocycles. The molecule has 0 saturated heterocycles. The van der Waals surface area contributed by atoms with E-state index < -0.39 is 0 Å². The SMILES string of the molecule is Cc1[nH]nc(N)c1C(=O)Nc1cnc2ccccc2c1. The largest absolute Gasteiger partial charge is 0.382 e. The van der Waals surface area contributed by atoms with E-state index in [0.29, 0.717) is 16.9 Å². The fourth-order valence-electron chi connectivity index (χ4n) is 2.07. The number of rotatable bonds is 2. The number of nitrogens with zero attached hydrogens (tertiary/aromatic N) is 2. The average Bonchev–Trinajstić information content (AvgIpc) is 2.78. The number of carbonyl (C=O) groups excluding carboxylic acids is 1. The number of pyridine rings is 1. The number of amides is 1. The third-order valence-corrected chi connectivity index (χ3v) is 3.05. The number of nitrogen functional groups attached to an aromatic ring is 1. The molecule has 0 aliphatic heterocycles. The number of benzene rings is 1. The lowest BCUT2D eigenvalue weighted by molar-refractivity contribution is 0.102. The summed E-state index contributed by atoms with van der Waals surface area (Å²) in [6.07, 6.45) is 1.62. The first kappa shape index (κ1) is 12.2. The van der Waals surface area contributed by atoms with Crippen LogP contribution in [0.1, 0.15) is 16.1 Å². The number of hydrogen-bond acceptors (Lipinski definition) is 4. The van der Waals surface area contributed by atoms with Gasteiger partial charge in [-0.3, -0.25) is 14.9 Å². The first-order valence-electron chi connectivity index (χ1n) is 6.12. The number of para-hydroxylation sites is 1. The summed E-state index contributed by atoms with van der Waals surface area (Å²) in [7, 11) is 0. The lowest BCUT2D eigenvalue weighted by Crippen LogP contribution is -2.14. The normalized spacial score (nSPS) is 10.7. The Labute approximate surface area is 115 Å². The summed E-state index contributed by atoms with van der Waals surface area (Å²) in [6, 6.07) is 9.57. The molecule has 0 saturated carbocycles. The van der Waals surface area contributed by atoms with E-state index in [1.54, 1.807) is 13.1 Å². The van der Waals surface area contributed by atoms with Crippen LogP contribution in [0, 0.1) is 6.92 Å². The van der Waals surface area contributed by atoms with Gasteiger partial charge in [0.15, 0.2) is 5.82 Å². The summed E-state index contributed by atoms with van der Waals surface area (Å²) in [4.78, 5) is 16.5. The number of anilines is 2. The highest BCUT2D eigenvalue weighted by Gasteiger charge is 2.16. The highest BCUT2D eigenvalue weighted by molar-refractivity contribution is 6.08. The summed E-state index contributed by atoms with van der Waals surface area (Å²) in [6.45, 7) is 1.75. The quantitative estimate of drug-likeness (QED) is 0.662. The zero-order valence-electron chi connectivity index (χ0n) is 10.8. The smallest absolute Gasteiger partial charge is 0.261 e. The van der Waals surface area contributed by atoms with Crippen molar-refractivity contribution < 1.29 is 4.79 Å². The lowest BCUT2D eigenvalue weighted by Gasteiger charge is -2.06. The first-order chi connectivity index (χ1) is 9.65. The molecule has 3 aromatic rings. The van der Waals surface area contributed by atoms with Gasteiger partial charge in [-0.05, 0) is 19.1 Å². The zero-order chi connectivity index (χ0) is 14.1. The van der Waals surface area contributed by atoms with Gasteiger partial charge in [0.05, 0.1) is 17.4 Å². The average molecular weight is 267 g/mol. The third-order valence-electron chi connectivity index (χ3n) is 3.05. The number of H-pyrrole nitrogens is 1. The molecule has 3 rings (SSSR count). The maximum Gasteiger partial charge on any atom is 0.261 e. The summed E-state index contributed by atoms with van der Waals surface area (Å²) in [5.41, 5.74) is 8.16. The minimum absolute atomic E-state index is 0.189. The highest BCUT2D eigenvalue weighted by Crippen LogP contribution is 2.18. The molecule has 4 N–H and O–H groups in total. The van der Waals surface area contributed by atoms with Crippen LogP contribution in [0.3, 0.4) is 0 Å². The Hall–Kier alpha value is -2.89. The van der Waals surface area contributed by atoms with Crippen LogP contribution in [0.5, 0.6) is 0 Å². The molecule has 6 heteroatoms. The predicted molar refractivity (Wildman–Crippen MR) is 77.4 cm³/mol. The van der Waals surface area contributed by atoms with E-state index in [2.05, 4.69) is 20.5 Å². The van der Waals surface area contributed by atoms with Gasteiger partial charge in [0, 0.05) is 11.1 Å². The maximum absolute atomic E-state index is 12.2. The van der Waals surface area contributed by atoms with E-state index in [-0.39, 0.29) is 11.7 Å². The molecule has 0 radical (unpaired) electrons. The van der Waals surface area contributed by atoms with Crippen molar-refractivity contribution in [3.05, 3.63) is 47.8 Å². The summed E-state index contributed by atoms with van der Waals surface area (Å²) in [5.74, 6) is -0.112. The number of nitrogens with one attached hydrogen (secondary N) is 2. The van der Waals surface area contributed by atoms with Crippen molar-refractivity contribution in [3.63, 3.8) is 0 Å². The van der Waals surface area contributed by atoms with Crippen molar-refractivity contribution in [1.29, 1.82) is 0 Å². The number of aromatic amines is 1. The van der Waals surface area contributed by atoms with Crippen LogP contribution in [0.4, 0.5) is 11.5 Å². The summed E-state index contributed by atoms with van der Waals surface area (Å²) in [5, 5.41) is 10.2. The van der Waals surface area contributed by atoms with Crippen LogP contribution in [0.2, 0.25) is 0 Å². The Morgan fingerprint density at radius 1 is 1.35 bits per heavy atom. The molecule has 20 heavy (non-hydrogen) atoms. The van der Waals surface area contributed by atoms with E-state index >= 15 is 0 Å². The fourth-order valence-corrected chi connectivity index (χ4v) is 2.07. The van der Waals surface area contributed by atoms with E-state index in [9.17, 15) is 4.79 Å². The molecule has 6 nitrogen and oxygen atoms in total. The third kappa shape index (κ3) is 2.07. The van der Waals surface area contributed by atoms with Gasteiger partial charge in [-0.1, -0.05) is 18.2 Å². The van der Waals surface area contributed by atoms with Crippen molar-refractivity contribution in [1.82, 2.24) is 15.2 Å². The molecule has 1 aromatic carbocycles. The van der Waals surface area contributed by atoms with Gasteiger partial charge in [0.1, 0.15) is 5.56 Å². The Balaban J connectivity index is 1.91. The topological polar surface area (TPSA) is 96.7 Å². The van der Waals surface area contributed by atoms with Crippen LogP contribution >= 0.6 is 0 Å². The van der Waals surface area contributed by atoms with Crippen LogP contribution in [-0.2, 0) is 0 Å². The maximum atomic E-state index is 12.2. The van der Waals surface area contributed by atoms with Gasteiger partial charge in [0.2, 0.25) is 0 Å². The molecule has 1 amide bonds. The van der Waals surface area contributed by atoms with Crippen molar-refractivity contribution in [3.8, 4) is 0 Å². The molecule has 0 fully saturated rings. The first-order valence-corrected chi connectivity index (χ1v) is 6.12. The second-order valence-electron chi connectivity index (χ2n) is 4.48. The van der Waals surface area contributed by atoms with Gasteiger partial charge in [-0.2, -0.15) is 5.10 Å². The van der Waals surface area contributed by atoms with Crippen LogP contribution < -0.4 is 11.1 Å². The minimum Gasteiger partial charge on any atom is -0.382 e. The van der Waals surface area contributed by atoms with Crippen molar-refractivity contribution in [2.75, 3.05) is 11.1 Å². The minimum atomic E-state index is -0.300. The summed E-state index contributed by atoms with van der Waals surface area (Å²) < 4.78 is 0. The molecule has 0 spiro atoms. The lowest BCUT2D eigenvalue weighted by atomic mass is 10.2. The van der Waals surface area contributed by atoms with E-state index in [4.69, 9.17) is 5.73 Å². The Morgan fingerprint density at radius 2 is 2.15 bits per heavy atom. The van der Waals surface area contributed by atoms with Gasteiger partial charge in [0.25, 0.3) is 5.91 Å². The number of aryl methyl sites for hydroxylation is 1. The van der Waals surface area contributed by atoms with Gasteiger partial charge in [-0.15, -0.1) is 0 Å². The van der Waals surface area contributed by atoms with Gasteiger partial charge < -0.3 is 11.1 Å². The highest BCUT2D eigenvalue weighted by atomic mass is 16.1. The predicted octanol–water partition coefficient (Wildman–Crippen LogP) is 2.10. The second kappa shape index (κ2) is 4.65. The van der Waals surface area contributed by atoms with Crippen LogP contribution in [0.15, 0.2) is 36.5 Å². The Bertz CT molecular complexity index is 774. The Morgan fingerprint density at radius 3 is 2.90 bits per heavy atom. The van der Waals surface area contributed by atoms with E-state index in [1.165, 1.54) is 0 Å². The molecule has 2 aromatic heterocycles. The number of hydrogen-bond donors (Lipinski definition) is 3. The second-order valence-corrected chi connectivity index (χ2v) is 4.48. The van der Waals surface area contributed by atoms with Gasteiger partial charge >= 0.3 is 0 Å². The number of nitrogens with two attached hydrogens (primary N) is 1. The Kier molecular flexibility index (Phi) is 2.83.